The van der Waals surface area contributed by atoms with Gasteiger partial charge in [0.05, 0.1) is 0 Å². The summed E-state index contributed by atoms with van der Waals surface area (Å²) in [6.07, 6.45) is 3.09. The Labute approximate surface area is 147 Å². The molecule has 2 rings (SSSR count). The summed E-state index contributed by atoms with van der Waals surface area (Å²) in [6, 6.07) is 13.0. The molecule has 1 unspecified atom stereocenters. The van der Waals surface area contributed by atoms with Gasteiger partial charge in [0.2, 0.25) is 0 Å². The first kappa shape index (κ1) is 18.2. The number of carbonyl (C=O) groups is 1. The van der Waals surface area contributed by atoms with Gasteiger partial charge in [-0.3, -0.25) is 4.98 Å². The van der Waals surface area contributed by atoms with Gasteiger partial charge < -0.3 is 15.7 Å². The molecule has 2 aromatic rings. The van der Waals surface area contributed by atoms with Crippen LogP contribution in [0.4, 0.5) is 4.79 Å². The number of hydrogen-bond acceptors (Lipinski definition) is 3. The lowest BCUT2D eigenvalue weighted by Gasteiger charge is -2.15. The molecule has 0 saturated carbocycles. The molecule has 24 heavy (non-hydrogen) atoms. The van der Waals surface area contributed by atoms with Crippen molar-refractivity contribution in [2.45, 2.75) is 12.8 Å². The number of carbonyl (C=O) groups excluding carboxylic acids is 1. The molecule has 0 bridgehead atoms. The number of urea groups is 1. The normalized spacial score (nSPS) is 11.8. The molecule has 1 aromatic carbocycles. The van der Waals surface area contributed by atoms with Crippen LogP contribution in [-0.2, 0) is 12.8 Å². The molecule has 1 heterocycles. The molecule has 0 aliphatic carbocycles. The van der Waals surface area contributed by atoms with Crippen molar-refractivity contribution in [3.63, 3.8) is 0 Å². The smallest absolute Gasteiger partial charge is 0.314 e. The number of aromatic nitrogens is 1. The lowest BCUT2D eigenvalue weighted by molar-refractivity contribution is 0.213. The Morgan fingerprint density at radius 1 is 1.17 bits per heavy atom. The van der Waals surface area contributed by atoms with E-state index in [-0.39, 0.29) is 18.6 Å². The number of aliphatic hydroxyl groups excluding tert-OH is 1. The van der Waals surface area contributed by atoms with E-state index in [1.807, 2.05) is 42.5 Å². The SMILES string of the molecule is O=C(NCCc1ccc(Cl)cc1)NCC(CO)Cc1ccccn1. The number of nitrogens with one attached hydrogen (secondary N) is 2. The molecule has 0 spiro atoms. The molecule has 1 atom stereocenters. The van der Waals surface area contributed by atoms with E-state index in [1.54, 1.807) is 6.20 Å². The minimum atomic E-state index is -0.233. The Bertz CT molecular complexity index is 620. The molecular weight excluding hydrogens is 326 g/mol. The average Bonchev–Trinajstić information content (AvgIpc) is 2.61. The monoisotopic (exact) mass is 347 g/mol. The molecule has 2 amide bonds. The Hall–Kier alpha value is -2.11. The van der Waals surface area contributed by atoms with Gasteiger partial charge in [0.1, 0.15) is 0 Å². The molecule has 1 aromatic heterocycles. The fourth-order valence-corrected chi connectivity index (χ4v) is 2.41. The zero-order valence-corrected chi connectivity index (χ0v) is 14.2. The highest BCUT2D eigenvalue weighted by molar-refractivity contribution is 6.30. The number of halogens is 1. The van der Waals surface area contributed by atoms with Gasteiger partial charge in [0.15, 0.2) is 0 Å². The van der Waals surface area contributed by atoms with Crippen molar-refractivity contribution in [1.82, 2.24) is 15.6 Å². The van der Waals surface area contributed by atoms with Crippen LogP contribution in [0.5, 0.6) is 0 Å². The van der Waals surface area contributed by atoms with Gasteiger partial charge in [-0.05, 0) is 42.7 Å². The molecular formula is C18H22ClN3O2. The number of pyridine rings is 1. The van der Waals surface area contributed by atoms with Crippen LogP contribution >= 0.6 is 11.6 Å². The third-order valence-corrected chi connectivity index (χ3v) is 3.90. The third kappa shape index (κ3) is 6.56. The van der Waals surface area contributed by atoms with Crippen molar-refractivity contribution in [2.24, 2.45) is 5.92 Å². The maximum absolute atomic E-state index is 11.8. The fourth-order valence-electron chi connectivity index (χ4n) is 2.29. The third-order valence-electron chi connectivity index (χ3n) is 3.65. The highest BCUT2D eigenvalue weighted by Gasteiger charge is 2.11. The van der Waals surface area contributed by atoms with Crippen LogP contribution in [0.1, 0.15) is 11.3 Å². The minimum Gasteiger partial charge on any atom is -0.396 e. The van der Waals surface area contributed by atoms with Crippen molar-refractivity contribution in [2.75, 3.05) is 19.7 Å². The zero-order valence-electron chi connectivity index (χ0n) is 13.4. The summed E-state index contributed by atoms with van der Waals surface area (Å²) >= 11 is 5.83. The topological polar surface area (TPSA) is 74.2 Å². The lowest BCUT2D eigenvalue weighted by Crippen LogP contribution is -2.40. The van der Waals surface area contributed by atoms with Gasteiger partial charge in [-0.15, -0.1) is 0 Å². The molecule has 0 radical (unpaired) electrons. The molecule has 0 fully saturated rings. The highest BCUT2D eigenvalue weighted by atomic mass is 35.5. The quantitative estimate of drug-likeness (QED) is 0.686. The molecule has 0 aliphatic rings. The first-order valence-electron chi connectivity index (χ1n) is 7.94. The van der Waals surface area contributed by atoms with Gasteiger partial charge in [-0.1, -0.05) is 29.8 Å². The van der Waals surface area contributed by atoms with Gasteiger partial charge in [0, 0.05) is 42.5 Å². The van der Waals surface area contributed by atoms with Crippen LogP contribution in [-0.4, -0.2) is 35.8 Å². The first-order chi connectivity index (χ1) is 11.7. The van der Waals surface area contributed by atoms with Crippen molar-refractivity contribution < 1.29 is 9.90 Å². The molecule has 5 nitrogen and oxygen atoms in total. The van der Waals surface area contributed by atoms with Gasteiger partial charge in [-0.2, -0.15) is 0 Å². The number of hydrogen-bond donors (Lipinski definition) is 3. The summed E-state index contributed by atoms with van der Waals surface area (Å²) in [6.45, 7) is 0.943. The number of benzene rings is 1. The Kier molecular flexibility index (Phi) is 7.52. The van der Waals surface area contributed by atoms with Crippen LogP contribution in [0.15, 0.2) is 48.7 Å². The van der Waals surface area contributed by atoms with Crippen molar-refractivity contribution in [1.29, 1.82) is 0 Å². The maximum Gasteiger partial charge on any atom is 0.314 e. The Morgan fingerprint density at radius 3 is 2.62 bits per heavy atom. The molecule has 0 aliphatic heterocycles. The Morgan fingerprint density at radius 2 is 1.96 bits per heavy atom. The largest absolute Gasteiger partial charge is 0.396 e. The summed E-state index contributed by atoms with van der Waals surface area (Å²) in [5, 5.41) is 15.7. The standard InChI is InChI=1S/C18H22ClN3O2/c19-16-6-4-14(5-7-16)8-10-21-18(24)22-12-15(13-23)11-17-3-1-2-9-20-17/h1-7,9,15,23H,8,10-13H2,(H2,21,22,24). The maximum atomic E-state index is 11.8. The van der Waals surface area contributed by atoms with Gasteiger partial charge in [-0.25, -0.2) is 4.79 Å². The summed E-state index contributed by atoms with van der Waals surface area (Å²) in [5.74, 6) is -0.0538. The van der Waals surface area contributed by atoms with E-state index in [1.165, 1.54) is 0 Å². The van der Waals surface area contributed by atoms with E-state index in [4.69, 9.17) is 11.6 Å². The average molecular weight is 348 g/mol. The second-order valence-corrected chi connectivity index (χ2v) is 6.02. The van der Waals surface area contributed by atoms with E-state index >= 15 is 0 Å². The van der Waals surface area contributed by atoms with Crippen LogP contribution < -0.4 is 10.6 Å². The van der Waals surface area contributed by atoms with Crippen molar-refractivity contribution in [3.8, 4) is 0 Å². The second kappa shape index (κ2) is 9.90. The van der Waals surface area contributed by atoms with E-state index in [0.717, 1.165) is 17.7 Å². The minimum absolute atomic E-state index is 0.00162. The van der Waals surface area contributed by atoms with Crippen LogP contribution in [0.2, 0.25) is 5.02 Å². The van der Waals surface area contributed by atoms with E-state index in [9.17, 15) is 9.90 Å². The molecule has 128 valence electrons. The number of nitrogens with zero attached hydrogens (tertiary/aromatic N) is 1. The summed E-state index contributed by atoms with van der Waals surface area (Å²) in [7, 11) is 0. The highest BCUT2D eigenvalue weighted by Crippen LogP contribution is 2.09. The summed E-state index contributed by atoms with van der Waals surface area (Å²) in [5.41, 5.74) is 2.02. The van der Waals surface area contributed by atoms with Crippen LogP contribution in [0.25, 0.3) is 0 Å². The predicted molar refractivity (Wildman–Crippen MR) is 95.1 cm³/mol. The zero-order chi connectivity index (χ0) is 17.2. The summed E-state index contributed by atoms with van der Waals surface area (Å²) < 4.78 is 0. The van der Waals surface area contributed by atoms with Crippen LogP contribution in [0, 0.1) is 5.92 Å². The predicted octanol–water partition coefficient (Wildman–Crippen LogP) is 2.43. The first-order valence-corrected chi connectivity index (χ1v) is 8.32. The Balaban J connectivity index is 1.66. The number of aliphatic hydroxyl groups is 1. The van der Waals surface area contributed by atoms with Gasteiger partial charge >= 0.3 is 6.03 Å². The van der Waals surface area contributed by atoms with E-state index in [2.05, 4.69) is 15.6 Å². The fraction of sp³-hybridized carbons (Fsp3) is 0.333. The van der Waals surface area contributed by atoms with E-state index < -0.39 is 0 Å². The number of amides is 2. The number of rotatable bonds is 8. The van der Waals surface area contributed by atoms with Crippen LogP contribution in [0.3, 0.4) is 0 Å². The van der Waals surface area contributed by atoms with Crippen molar-refractivity contribution >= 4 is 17.6 Å². The molecule has 0 saturated heterocycles. The second-order valence-electron chi connectivity index (χ2n) is 5.59. The van der Waals surface area contributed by atoms with E-state index in [0.29, 0.717) is 24.5 Å². The molecule has 6 heteroatoms. The van der Waals surface area contributed by atoms with Crippen molar-refractivity contribution in [3.05, 3.63) is 64.9 Å². The lowest BCUT2D eigenvalue weighted by atomic mass is 10.0. The van der Waals surface area contributed by atoms with Gasteiger partial charge in [0.25, 0.3) is 0 Å². The molecule has 3 N–H and O–H groups in total. The summed E-state index contributed by atoms with van der Waals surface area (Å²) in [4.78, 5) is 16.1.